The van der Waals surface area contributed by atoms with Gasteiger partial charge in [-0.05, 0) is 50.1 Å². The third kappa shape index (κ3) is 5.72. The van der Waals surface area contributed by atoms with E-state index in [0.717, 1.165) is 5.56 Å². The molecule has 0 aliphatic carbocycles. The molecule has 7 heteroatoms. The van der Waals surface area contributed by atoms with Gasteiger partial charge in [0.05, 0.1) is 5.41 Å². The summed E-state index contributed by atoms with van der Waals surface area (Å²) in [5.74, 6) is -0.585. The predicted molar refractivity (Wildman–Crippen MR) is 121 cm³/mol. The van der Waals surface area contributed by atoms with E-state index in [1.54, 1.807) is 4.90 Å². The summed E-state index contributed by atoms with van der Waals surface area (Å²) < 4.78 is 12.9. The van der Waals surface area contributed by atoms with Crippen LogP contribution in [0.2, 0.25) is 0 Å². The monoisotopic (exact) mass is 439 g/mol. The van der Waals surface area contributed by atoms with Gasteiger partial charge in [-0.1, -0.05) is 30.3 Å². The van der Waals surface area contributed by atoms with E-state index in [0.29, 0.717) is 51.1 Å². The average molecular weight is 440 g/mol. The van der Waals surface area contributed by atoms with Crippen molar-refractivity contribution >= 4 is 17.7 Å². The molecule has 32 heavy (non-hydrogen) atoms. The molecule has 0 unspecified atom stereocenters. The first-order valence-corrected chi connectivity index (χ1v) is 11.0. The van der Waals surface area contributed by atoms with Crippen molar-refractivity contribution in [1.29, 1.82) is 0 Å². The molecule has 3 rings (SSSR count). The maximum atomic E-state index is 13.1. The molecule has 1 aliphatic rings. The molecule has 0 radical (unpaired) electrons. The normalized spacial score (nSPS) is 14.2. The van der Waals surface area contributed by atoms with Crippen LogP contribution in [0, 0.1) is 5.82 Å². The Morgan fingerprint density at radius 1 is 0.906 bits per heavy atom. The molecule has 0 bridgehead atoms. The van der Waals surface area contributed by atoms with Crippen molar-refractivity contribution in [3.05, 3.63) is 71.5 Å². The number of halogens is 1. The van der Waals surface area contributed by atoms with E-state index < -0.39 is 11.2 Å². The van der Waals surface area contributed by atoms with Gasteiger partial charge in [0, 0.05) is 44.7 Å². The van der Waals surface area contributed by atoms with Crippen molar-refractivity contribution in [3.63, 3.8) is 0 Å². The van der Waals surface area contributed by atoms with Gasteiger partial charge in [0.2, 0.25) is 11.8 Å². The van der Waals surface area contributed by atoms with Crippen LogP contribution in [-0.2, 0) is 15.0 Å². The van der Waals surface area contributed by atoms with Crippen molar-refractivity contribution in [2.75, 3.05) is 32.7 Å². The number of benzene rings is 2. The Kier molecular flexibility index (Phi) is 7.62. The Hall–Kier alpha value is -3.22. The number of carbonyl (C=O) groups excluding carboxylic acids is 3. The SMILES string of the molecule is CC(C)(C(=O)N1CCN(C(=O)CCCNC(=O)c2ccc(F)cc2)CC1)c1ccccc1. The van der Waals surface area contributed by atoms with E-state index in [2.05, 4.69) is 5.32 Å². The lowest BCUT2D eigenvalue weighted by Gasteiger charge is -2.39. The smallest absolute Gasteiger partial charge is 0.251 e. The predicted octanol–water partition coefficient (Wildman–Crippen LogP) is 2.98. The fourth-order valence-corrected chi connectivity index (χ4v) is 3.84. The fraction of sp³-hybridized carbons (Fsp3) is 0.400. The first-order valence-electron chi connectivity index (χ1n) is 11.0. The Bertz CT molecular complexity index is 937. The van der Waals surface area contributed by atoms with Crippen LogP contribution in [0.1, 0.15) is 42.6 Å². The van der Waals surface area contributed by atoms with Crippen molar-refractivity contribution in [2.45, 2.75) is 32.1 Å². The van der Waals surface area contributed by atoms with Crippen LogP contribution in [0.3, 0.4) is 0 Å². The molecule has 6 nitrogen and oxygen atoms in total. The zero-order valence-corrected chi connectivity index (χ0v) is 18.6. The van der Waals surface area contributed by atoms with Gasteiger partial charge in [0.25, 0.3) is 5.91 Å². The van der Waals surface area contributed by atoms with Crippen LogP contribution in [0.15, 0.2) is 54.6 Å². The summed E-state index contributed by atoms with van der Waals surface area (Å²) in [6.45, 7) is 6.29. The summed E-state index contributed by atoms with van der Waals surface area (Å²) in [5.41, 5.74) is 0.749. The third-order valence-electron chi connectivity index (χ3n) is 5.91. The Morgan fingerprint density at radius 2 is 1.50 bits per heavy atom. The number of piperazine rings is 1. The fourth-order valence-electron chi connectivity index (χ4n) is 3.84. The number of rotatable bonds is 7. The minimum atomic E-state index is -0.615. The van der Waals surface area contributed by atoms with Crippen LogP contribution in [0.4, 0.5) is 4.39 Å². The number of carbonyl (C=O) groups is 3. The number of nitrogens with one attached hydrogen (secondary N) is 1. The van der Waals surface area contributed by atoms with E-state index in [1.165, 1.54) is 24.3 Å². The van der Waals surface area contributed by atoms with Gasteiger partial charge in [0.15, 0.2) is 0 Å². The van der Waals surface area contributed by atoms with E-state index >= 15 is 0 Å². The standard InChI is InChI=1S/C25H30FN3O3/c1-25(2,20-7-4-3-5-8-20)24(32)29-17-15-28(16-18-29)22(30)9-6-14-27-23(31)19-10-12-21(26)13-11-19/h3-5,7-8,10-13H,6,9,14-18H2,1-2H3,(H,27,31). The number of nitrogens with zero attached hydrogens (tertiary/aromatic N) is 2. The molecule has 0 atom stereocenters. The molecule has 0 spiro atoms. The minimum Gasteiger partial charge on any atom is -0.352 e. The topological polar surface area (TPSA) is 69.7 Å². The van der Waals surface area contributed by atoms with Crippen LogP contribution < -0.4 is 5.32 Å². The van der Waals surface area contributed by atoms with E-state index in [-0.39, 0.29) is 17.7 Å². The quantitative estimate of drug-likeness (QED) is 0.675. The largest absolute Gasteiger partial charge is 0.352 e. The molecule has 3 amide bonds. The Labute approximate surface area is 188 Å². The molecular weight excluding hydrogens is 409 g/mol. The van der Waals surface area contributed by atoms with Crippen molar-refractivity contribution in [3.8, 4) is 0 Å². The van der Waals surface area contributed by atoms with Gasteiger partial charge in [-0.2, -0.15) is 0 Å². The zero-order chi connectivity index (χ0) is 23.1. The van der Waals surface area contributed by atoms with Gasteiger partial charge in [0.1, 0.15) is 5.82 Å². The van der Waals surface area contributed by atoms with E-state index in [4.69, 9.17) is 0 Å². The first-order chi connectivity index (χ1) is 15.3. The molecule has 1 fully saturated rings. The van der Waals surface area contributed by atoms with Gasteiger partial charge in [-0.25, -0.2) is 4.39 Å². The van der Waals surface area contributed by atoms with E-state index in [1.807, 2.05) is 49.1 Å². The number of hydrogen-bond donors (Lipinski definition) is 1. The van der Waals surface area contributed by atoms with Gasteiger partial charge in [-0.3, -0.25) is 14.4 Å². The average Bonchev–Trinajstić information content (AvgIpc) is 2.82. The molecule has 0 aromatic heterocycles. The zero-order valence-electron chi connectivity index (χ0n) is 18.6. The number of hydrogen-bond acceptors (Lipinski definition) is 3. The van der Waals surface area contributed by atoms with Crippen LogP contribution in [0.5, 0.6) is 0 Å². The summed E-state index contributed by atoms with van der Waals surface area (Å²) >= 11 is 0. The lowest BCUT2D eigenvalue weighted by molar-refractivity contribution is -0.142. The second-order valence-electron chi connectivity index (χ2n) is 8.53. The summed E-state index contributed by atoms with van der Waals surface area (Å²) in [5, 5.41) is 2.75. The van der Waals surface area contributed by atoms with Crippen molar-refractivity contribution in [1.82, 2.24) is 15.1 Å². The maximum absolute atomic E-state index is 13.1. The third-order valence-corrected chi connectivity index (χ3v) is 5.91. The summed E-state index contributed by atoms with van der Waals surface area (Å²) in [7, 11) is 0. The minimum absolute atomic E-state index is 0.0236. The second-order valence-corrected chi connectivity index (χ2v) is 8.53. The molecule has 2 aromatic carbocycles. The van der Waals surface area contributed by atoms with Crippen molar-refractivity contribution in [2.24, 2.45) is 0 Å². The summed E-state index contributed by atoms with van der Waals surface area (Å²) in [6, 6.07) is 15.1. The molecule has 1 N–H and O–H groups in total. The highest BCUT2D eigenvalue weighted by molar-refractivity contribution is 5.94. The van der Waals surface area contributed by atoms with Gasteiger partial charge in [-0.15, -0.1) is 0 Å². The molecule has 1 heterocycles. The van der Waals surface area contributed by atoms with Crippen LogP contribution >= 0.6 is 0 Å². The number of amides is 3. The lowest BCUT2D eigenvalue weighted by atomic mass is 9.83. The second kappa shape index (κ2) is 10.4. The maximum Gasteiger partial charge on any atom is 0.251 e. The summed E-state index contributed by atoms with van der Waals surface area (Å²) in [4.78, 5) is 41.2. The molecular formula is C25H30FN3O3. The molecule has 2 aromatic rings. The van der Waals surface area contributed by atoms with Crippen LogP contribution in [-0.4, -0.2) is 60.2 Å². The highest BCUT2D eigenvalue weighted by atomic mass is 19.1. The van der Waals surface area contributed by atoms with Crippen molar-refractivity contribution < 1.29 is 18.8 Å². The highest BCUT2D eigenvalue weighted by Gasteiger charge is 2.35. The van der Waals surface area contributed by atoms with E-state index in [9.17, 15) is 18.8 Å². The van der Waals surface area contributed by atoms with Gasteiger partial charge >= 0.3 is 0 Å². The highest BCUT2D eigenvalue weighted by Crippen LogP contribution is 2.26. The molecule has 0 saturated carbocycles. The Morgan fingerprint density at radius 3 is 2.12 bits per heavy atom. The van der Waals surface area contributed by atoms with Gasteiger partial charge < -0.3 is 15.1 Å². The molecule has 1 saturated heterocycles. The first kappa shape index (κ1) is 23.4. The molecule has 1 aliphatic heterocycles. The summed E-state index contributed by atoms with van der Waals surface area (Å²) in [6.07, 6.45) is 0.846. The lowest BCUT2D eigenvalue weighted by Crippen LogP contribution is -2.54. The van der Waals surface area contributed by atoms with Crippen LogP contribution in [0.25, 0.3) is 0 Å². The molecule has 170 valence electrons. The Balaban J connectivity index is 1.40.